The van der Waals surface area contributed by atoms with E-state index in [2.05, 4.69) is 25.8 Å². The van der Waals surface area contributed by atoms with Crippen molar-refractivity contribution in [3.8, 4) is 10.7 Å². The Bertz CT molecular complexity index is 1110. The highest BCUT2D eigenvalue weighted by molar-refractivity contribution is 7.13. The number of imidazole rings is 1. The van der Waals surface area contributed by atoms with E-state index in [4.69, 9.17) is 15.2 Å². The Morgan fingerprint density at radius 3 is 2.75 bits per heavy atom. The maximum Gasteiger partial charge on any atom is 0.246 e. The number of para-hydroxylation sites is 2. The molecule has 1 aromatic carbocycles. The van der Waals surface area contributed by atoms with Crippen LogP contribution in [0.15, 0.2) is 34.3 Å². The highest BCUT2D eigenvalue weighted by atomic mass is 35.5. The van der Waals surface area contributed by atoms with E-state index in [9.17, 15) is 0 Å². The minimum atomic E-state index is -0.449. The van der Waals surface area contributed by atoms with E-state index >= 15 is 0 Å². The van der Waals surface area contributed by atoms with Crippen molar-refractivity contribution in [2.75, 3.05) is 0 Å². The molecule has 9 heteroatoms. The summed E-state index contributed by atoms with van der Waals surface area (Å²) in [4.78, 5) is 14.9. The zero-order valence-electron chi connectivity index (χ0n) is 15.5. The topological polar surface area (TPSA) is 95.7 Å². The summed E-state index contributed by atoms with van der Waals surface area (Å²) in [6, 6.07) is 8.07. The van der Waals surface area contributed by atoms with Crippen LogP contribution in [0.4, 0.5) is 0 Å². The Labute approximate surface area is 172 Å². The van der Waals surface area contributed by atoms with Gasteiger partial charge in [-0.05, 0) is 31.9 Å². The maximum atomic E-state index is 6.47. The van der Waals surface area contributed by atoms with Gasteiger partial charge < -0.3 is 14.8 Å². The summed E-state index contributed by atoms with van der Waals surface area (Å²) in [6.45, 7) is 2.45. The van der Waals surface area contributed by atoms with Crippen LogP contribution >= 0.6 is 23.7 Å². The van der Waals surface area contributed by atoms with Crippen molar-refractivity contribution in [3.05, 3.63) is 47.2 Å². The van der Waals surface area contributed by atoms with E-state index in [0.717, 1.165) is 53.1 Å². The first-order valence-corrected chi connectivity index (χ1v) is 10.00. The molecule has 4 aromatic rings. The monoisotopic (exact) mass is 416 g/mol. The van der Waals surface area contributed by atoms with Crippen molar-refractivity contribution in [1.29, 1.82) is 0 Å². The predicted octanol–water partition coefficient (Wildman–Crippen LogP) is 4.05. The van der Waals surface area contributed by atoms with Crippen molar-refractivity contribution in [2.24, 2.45) is 5.73 Å². The van der Waals surface area contributed by atoms with Crippen molar-refractivity contribution < 1.29 is 4.52 Å². The van der Waals surface area contributed by atoms with Crippen LogP contribution in [0.3, 0.4) is 0 Å². The van der Waals surface area contributed by atoms with E-state index < -0.39 is 5.54 Å². The number of benzene rings is 1. The highest BCUT2D eigenvalue weighted by Gasteiger charge is 2.36. The van der Waals surface area contributed by atoms with Gasteiger partial charge in [-0.3, -0.25) is 0 Å². The summed E-state index contributed by atoms with van der Waals surface area (Å²) in [6.07, 6.45) is 4.04. The fraction of sp³-hybridized carbons (Fsp3) is 0.368. The Balaban J connectivity index is 0.00000192. The summed E-state index contributed by atoms with van der Waals surface area (Å²) in [5.41, 5.74) is 10.8. The molecule has 0 spiro atoms. The molecule has 0 amide bonds. The third-order valence-corrected chi connectivity index (χ3v) is 6.23. The van der Waals surface area contributed by atoms with Gasteiger partial charge >= 0.3 is 0 Å². The standard InChI is InChI=1S/C19H20N6OS.ClH/c1-12-16(27-11-21-12)17-22-13-6-2-3-7-14(13)25(17)10-15-23-18(24-26-15)19(20)8-4-5-9-19;/h2-3,6-7,11H,4-5,8-10,20H2,1H3;1H. The van der Waals surface area contributed by atoms with E-state index in [0.29, 0.717) is 18.3 Å². The van der Waals surface area contributed by atoms with Crippen LogP contribution in [0.1, 0.15) is 43.1 Å². The molecule has 0 atom stereocenters. The first-order chi connectivity index (χ1) is 13.1. The molecule has 28 heavy (non-hydrogen) atoms. The van der Waals surface area contributed by atoms with Gasteiger partial charge in [0.2, 0.25) is 5.89 Å². The minimum absolute atomic E-state index is 0. The molecule has 3 heterocycles. The van der Waals surface area contributed by atoms with Crippen LogP contribution in [0.2, 0.25) is 0 Å². The first-order valence-electron chi connectivity index (χ1n) is 9.12. The zero-order valence-corrected chi connectivity index (χ0v) is 17.1. The lowest BCUT2D eigenvalue weighted by Crippen LogP contribution is -2.34. The Kier molecular flexibility index (Phi) is 4.95. The van der Waals surface area contributed by atoms with E-state index in [1.54, 1.807) is 11.3 Å². The molecule has 1 aliphatic carbocycles. The molecule has 0 radical (unpaired) electrons. The van der Waals surface area contributed by atoms with Gasteiger partial charge in [-0.25, -0.2) is 9.97 Å². The van der Waals surface area contributed by atoms with Gasteiger partial charge in [0.05, 0.1) is 32.7 Å². The van der Waals surface area contributed by atoms with Crippen molar-refractivity contribution >= 4 is 34.8 Å². The molecule has 146 valence electrons. The smallest absolute Gasteiger partial charge is 0.246 e. The lowest BCUT2D eigenvalue weighted by molar-refractivity contribution is 0.345. The van der Waals surface area contributed by atoms with Crippen LogP contribution in [0.25, 0.3) is 21.7 Å². The second-order valence-electron chi connectivity index (χ2n) is 7.15. The van der Waals surface area contributed by atoms with E-state index in [1.807, 2.05) is 30.6 Å². The molecule has 3 aromatic heterocycles. The van der Waals surface area contributed by atoms with Gasteiger partial charge in [0, 0.05) is 0 Å². The fourth-order valence-electron chi connectivity index (χ4n) is 3.81. The summed E-state index contributed by atoms with van der Waals surface area (Å²) < 4.78 is 7.68. The van der Waals surface area contributed by atoms with Crippen LogP contribution in [-0.4, -0.2) is 24.7 Å². The Morgan fingerprint density at radius 1 is 1.21 bits per heavy atom. The summed E-state index contributed by atoms with van der Waals surface area (Å²) in [7, 11) is 0. The van der Waals surface area contributed by atoms with Gasteiger partial charge in [0.25, 0.3) is 0 Å². The largest absolute Gasteiger partial charge is 0.337 e. The van der Waals surface area contributed by atoms with E-state index in [1.165, 1.54) is 0 Å². The number of nitrogens with zero attached hydrogens (tertiary/aromatic N) is 5. The highest BCUT2D eigenvalue weighted by Crippen LogP contribution is 2.35. The van der Waals surface area contributed by atoms with Crippen LogP contribution < -0.4 is 5.73 Å². The van der Waals surface area contributed by atoms with Gasteiger partial charge in [-0.15, -0.1) is 23.7 Å². The average molecular weight is 417 g/mol. The number of thiazole rings is 1. The average Bonchev–Trinajstić information content (AvgIpc) is 3.43. The molecule has 0 saturated heterocycles. The van der Waals surface area contributed by atoms with Crippen LogP contribution in [0, 0.1) is 6.92 Å². The predicted molar refractivity (Wildman–Crippen MR) is 111 cm³/mol. The molecular weight excluding hydrogens is 396 g/mol. The molecular formula is C19H21ClN6OS. The number of halogens is 1. The third-order valence-electron chi connectivity index (χ3n) is 5.31. The number of nitrogens with two attached hydrogens (primary N) is 1. The lowest BCUT2D eigenvalue weighted by Gasteiger charge is -2.17. The first kappa shape index (κ1) is 19.0. The quantitative estimate of drug-likeness (QED) is 0.539. The number of aromatic nitrogens is 5. The number of hydrogen-bond acceptors (Lipinski definition) is 7. The Hall–Kier alpha value is -2.29. The number of fused-ring (bicyclic) bond motifs is 1. The van der Waals surface area contributed by atoms with Gasteiger partial charge in [0.15, 0.2) is 11.6 Å². The van der Waals surface area contributed by atoms with Gasteiger partial charge in [-0.2, -0.15) is 4.98 Å². The Morgan fingerprint density at radius 2 is 2.00 bits per heavy atom. The molecule has 2 N–H and O–H groups in total. The molecule has 1 aliphatic rings. The number of hydrogen-bond donors (Lipinski definition) is 1. The second kappa shape index (κ2) is 7.27. The number of rotatable bonds is 4. The summed E-state index contributed by atoms with van der Waals surface area (Å²) in [5.74, 6) is 2.04. The van der Waals surface area contributed by atoms with Gasteiger partial charge in [0.1, 0.15) is 6.54 Å². The number of aryl methyl sites for hydroxylation is 1. The van der Waals surface area contributed by atoms with Crippen LogP contribution in [0.5, 0.6) is 0 Å². The van der Waals surface area contributed by atoms with Crippen molar-refractivity contribution in [2.45, 2.75) is 44.7 Å². The fourth-order valence-corrected chi connectivity index (χ4v) is 4.61. The summed E-state index contributed by atoms with van der Waals surface area (Å²) in [5, 5.41) is 4.19. The molecule has 1 fully saturated rings. The zero-order chi connectivity index (χ0) is 18.4. The molecule has 0 aliphatic heterocycles. The minimum Gasteiger partial charge on any atom is -0.337 e. The van der Waals surface area contributed by atoms with Crippen LogP contribution in [-0.2, 0) is 12.1 Å². The molecule has 7 nitrogen and oxygen atoms in total. The normalized spacial score (nSPS) is 15.8. The van der Waals surface area contributed by atoms with Crippen molar-refractivity contribution in [1.82, 2.24) is 24.7 Å². The van der Waals surface area contributed by atoms with Crippen molar-refractivity contribution in [3.63, 3.8) is 0 Å². The summed E-state index contributed by atoms with van der Waals surface area (Å²) >= 11 is 1.59. The van der Waals surface area contributed by atoms with E-state index in [-0.39, 0.29) is 12.4 Å². The maximum absolute atomic E-state index is 6.47. The SMILES string of the molecule is Cc1ncsc1-c1nc2ccccc2n1Cc1nc(C2(N)CCCC2)no1.Cl. The molecule has 1 saturated carbocycles. The molecule has 0 bridgehead atoms. The lowest BCUT2D eigenvalue weighted by atomic mass is 9.99. The second-order valence-corrected chi connectivity index (χ2v) is 8.01. The molecule has 5 rings (SSSR count). The third kappa shape index (κ3) is 3.11. The molecule has 0 unspecified atom stereocenters. The van der Waals surface area contributed by atoms with Gasteiger partial charge in [-0.1, -0.05) is 30.1 Å².